The van der Waals surface area contributed by atoms with Crippen LogP contribution in [0.2, 0.25) is 0 Å². The molecule has 0 aromatic heterocycles. The van der Waals surface area contributed by atoms with Crippen LogP contribution in [-0.2, 0) is 23.9 Å². The van der Waals surface area contributed by atoms with Gasteiger partial charge in [-0.1, -0.05) is 6.07 Å². The van der Waals surface area contributed by atoms with Gasteiger partial charge < -0.3 is 49.6 Å². The number of phenolic OH excluding ortho intramolecular Hbond substituents is 3. The van der Waals surface area contributed by atoms with E-state index in [-0.39, 0.29) is 23.0 Å². The van der Waals surface area contributed by atoms with Crippen LogP contribution in [0.1, 0.15) is 24.0 Å². The number of hydrogen-bond acceptors (Lipinski definition) is 12. The monoisotopic (exact) mass is 560 g/mol. The van der Waals surface area contributed by atoms with Gasteiger partial charge >= 0.3 is 17.9 Å². The number of carbonyl (C=O) groups excluding carboxylic acids is 2. The zero-order valence-corrected chi connectivity index (χ0v) is 21.4. The van der Waals surface area contributed by atoms with Crippen LogP contribution in [0.3, 0.4) is 0 Å². The number of carbonyl (C=O) groups is 3. The minimum atomic E-state index is -2.35. The molecular weight excluding hydrogens is 532 g/mol. The summed E-state index contributed by atoms with van der Waals surface area (Å²) < 4.78 is 20.5. The minimum Gasteiger partial charge on any atom is -0.504 e. The molecule has 4 atom stereocenters. The molecule has 0 amide bonds. The van der Waals surface area contributed by atoms with Crippen molar-refractivity contribution >= 4 is 30.1 Å². The van der Waals surface area contributed by atoms with Gasteiger partial charge in [0.15, 0.2) is 23.0 Å². The van der Waals surface area contributed by atoms with Crippen molar-refractivity contribution in [2.24, 2.45) is 0 Å². The van der Waals surface area contributed by atoms with Crippen LogP contribution >= 0.6 is 0 Å². The molecule has 0 spiro atoms. The molecular formula is C27H28O13. The summed E-state index contributed by atoms with van der Waals surface area (Å²) in [5, 5.41) is 59.5. The SMILES string of the molecule is COc1cc(C=CC(=O)OC2(C(=O)O)CC(O)C(O)C(OC(=O)C=Cc3ccc(O)c(O)c3)C2)cc(OC)c1O. The fourth-order valence-corrected chi connectivity index (χ4v) is 4.05. The summed E-state index contributed by atoms with van der Waals surface area (Å²) in [7, 11) is 2.62. The molecule has 0 aliphatic heterocycles. The Bertz CT molecular complexity index is 1310. The molecule has 214 valence electrons. The first-order chi connectivity index (χ1) is 18.9. The zero-order valence-electron chi connectivity index (χ0n) is 21.4. The second kappa shape index (κ2) is 12.4. The number of carboxylic acids is 1. The molecule has 2 aromatic rings. The summed E-state index contributed by atoms with van der Waals surface area (Å²) in [6, 6.07) is 6.53. The topological polar surface area (TPSA) is 210 Å². The highest BCUT2D eigenvalue weighted by Gasteiger charge is 2.54. The summed E-state index contributed by atoms with van der Waals surface area (Å²) in [6.07, 6.45) is -1.98. The summed E-state index contributed by atoms with van der Waals surface area (Å²) in [6.45, 7) is 0. The van der Waals surface area contributed by atoms with Crippen LogP contribution in [0.5, 0.6) is 28.7 Å². The molecule has 2 aromatic carbocycles. The van der Waals surface area contributed by atoms with Crippen molar-refractivity contribution in [1.29, 1.82) is 0 Å². The second-order valence-electron chi connectivity index (χ2n) is 8.85. The Morgan fingerprint density at radius 2 is 1.45 bits per heavy atom. The zero-order chi connectivity index (χ0) is 29.6. The van der Waals surface area contributed by atoms with Crippen LogP contribution in [0.25, 0.3) is 12.2 Å². The van der Waals surface area contributed by atoms with E-state index in [1.165, 1.54) is 56.7 Å². The number of methoxy groups -OCH3 is 2. The molecule has 13 heteroatoms. The maximum Gasteiger partial charge on any atom is 0.348 e. The Balaban J connectivity index is 1.76. The quantitative estimate of drug-likeness (QED) is 0.145. The van der Waals surface area contributed by atoms with Gasteiger partial charge in [-0.15, -0.1) is 0 Å². The van der Waals surface area contributed by atoms with E-state index in [2.05, 4.69) is 0 Å². The number of rotatable bonds is 9. The van der Waals surface area contributed by atoms with Crippen molar-refractivity contribution in [1.82, 2.24) is 0 Å². The third-order valence-electron chi connectivity index (χ3n) is 6.12. The van der Waals surface area contributed by atoms with Crippen LogP contribution in [0, 0.1) is 0 Å². The van der Waals surface area contributed by atoms with E-state index in [0.717, 1.165) is 12.2 Å². The summed E-state index contributed by atoms with van der Waals surface area (Å²) >= 11 is 0. The Kier molecular flexibility index (Phi) is 9.24. The van der Waals surface area contributed by atoms with Crippen molar-refractivity contribution in [2.45, 2.75) is 36.8 Å². The number of phenols is 3. The smallest absolute Gasteiger partial charge is 0.348 e. The van der Waals surface area contributed by atoms with Crippen LogP contribution in [0.15, 0.2) is 42.5 Å². The maximum atomic E-state index is 12.6. The van der Waals surface area contributed by atoms with Gasteiger partial charge in [0.2, 0.25) is 11.4 Å². The number of carboxylic acid groups (broad SMARTS) is 1. The summed E-state index contributed by atoms with van der Waals surface area (Å²) in [5.41, 5.74) is -1.68. The van der Waals surface area contributed by atoms with Gasteiger partial charge in [-0.25, -0.2) is 14.4 Å². The molecule has 0 saturated heterocycles. The number of benzene rings is 2. The van der Waals surface area contributed by atoms with Crippen molar-refractivity contribution in [3.8, 4) is 28.7 Å². The van der Waals surface area contributed by atoms with E-state index in [1.54, 1.807) is 0 Å². The van der Waals surface area contributed by atoms with E-state index in [1.807, 2.05) is 0 Å². The fraction of sp³-hybridized carbons (Fsp3) is 0.296. The molecule has 0 heterocycles. The van der Waals surface area contributed by atoms with Gasteiger partial charge in [-0.2, -0.15) is 0 Å². The van der Waals surface area contributed by atoms with Gasteiger partial charge in [-0.3, -0.25) is 0 Å². The number of hydrogen-bond donors (Lipinski definition) is 6. The fourth-order valence-electron chi connectivity index (χ4n) is 4.05. The lowest BCUT2D eigenvalue weighted by atomic mass is 9.79. The molecule has 13 nitrogen and oxygen atoms in total. The highest BCUT2D eigenvalue weighted by atomic mass is 16.6. The predicted molar refractivity (Wildman–Crippen MR) is 137 cm³/mol. The van der Waals surface area contributed by atoms with Gasteiger partial charge in [0, 0.05) is 25.0 Å². The summed E-state index contributed by atoms with van der Waals surface area (Å²) in [4.78, 5) is 37.2. The molecule has 1 aliphatic rings. The molecule has 4 unspecified atom stereocenters. The average Bonchev–Trinajstić information content (AvgIpc) is 2.91. The van der Waals surface area contributed by atoms with Crippen molar-refractivity contribution in [3.63, 3.8) is 0 Å². The van der Waals surface area contributed by atoms with Crippen molar-refractivity contribution in [3.05, 3.63) is 53.6 Å². The van der Waals surface area contributed by atoms with Gasteiger partial charge in [0.25, 0.3) is 0 Å². The molecule has 1 fully saturated rings. The Hall–Kier alpha value is -4.75. The van der Waals surface area contributed by atoms with E-state index >= 15 is 0 Å². The molecule has 3 rings (SSSR count). The van der Waals surface area contributed by atoms with E-state index in [0.29, 0.717) is 11.1 Å². The number of esters is 2. The third-order valence-corrected chi connectivity index (χ3v) is 6.12. The molecule has 1 aliphatic carbocycles. The molecule has 6 N–H and O–H groups in total. The highest BCUT2D eigenvalue weighted by molar-refractivity contribution is 5.91. The lowest BCUT2D eigenvalue weighted by Crippen LogP contribution is -2.58. The Morgan fingerprint density at radius 3 is 2.02 bits per heavy atom. The molecule has 0 radical (unpaired) electrons. The first kappa shape index (κ1) is 29.8. The number of aliphatic carboxylic acids is 1. The van der Waals surface area contributed by atoms with E-state index in [9.17, 15) is 45.0 Å². The highest BCUT2D eigenvalue weighted by Crippen LogP contribution is 2.38. The molecule has 0 bridgehead atoms. The first-order valence-corrected chi connectivity index (χ1v) is 11.8. The number of ether oxygens (including phenoxy) is 4. The van der Waals surface area contributed by atoms with Crippen LogP contribution in [0.4, 0.5) is 0 Å². The largest absolute Gasteiger partial charge is 0.504 e. The minimum absolute atomic E-state index is 0.0553. The normalized spacial score (nSPS) is 22.6. The lowest BCUT2D eigenvalue weighted by Gasteiger charge is -2.41. The standard InChI is InChI=1S/C27H28O13/c1-37-19-10-15(11-20(38-2)25(19)34)5-8-23(32)40-27(26(35)36)12-18(30)24(33)21(13-27)39-22(31)7-4-14-3-6-16(28)17(29)9-14/h3-11,18,21,24,28-30,33-34H,12-13H2,1-2H3,(H,35,36). The van der Waals surface area contributed by atoms with Gasteiger partial charge in [-0.05, 0) is 47.5 Å². The van der Waals surface area contributed by atoms with E-state index in [4.69, 9.17) is 18.9 Å². The third kappa shape index (κ3) is 6.81. The first-order valence-electron chi connectivity index (χ1n) is 11.8. The van der Waals surface area contributed by atoms with Crippen LogP contribution < -0.4 is 9.47 Å². The lowest BCUT2D eigenvalue weighted by molar-refractivity contribution is -0.207. The number of aromatic hydroxyl groups is 3. The van der Waals surface area contributed by atoms with Gasteiger partial charge in [0.05, 0.1) is 20.3 Å². The predicted octanol–water partition coefficient (Wildman–Crippen LogP) is 1.34. The van der Waals surface area contributed by atoms with E-state index < -0.39 is 60.4 Å². The Labute approximate surface area is 227 Å². The van der Waals surface area contributed by atoms with Crippen molar-refractivity contribution in [2.75, 3.05) is 14.2 Å². The maximum absolute atomic E-state index is 12.6. The summed E-state index contributed by atoms with van der Waals surface area (Å²) in [5.74, 6) is -4.71. The second-order valence-corrected chi connectivity index (χ2v) is 8.85. The van der Waals surface area contributed by atoms with Gasteiger partial charge in [0.1, 0.15) is 12.2 Å². The number of aliphatic hydroxyl groups is 2. The molecule has 1 saturated carbocycles. The Morgan fingerprint density at radius 1 is 0.850 bits per heavy atom. The van der Waals surface area contributed by atoms with Crippen LogP contribution in [-0.4, -0.2) is 86.7 Å². The molecule has 40 heavy (non-hydrogen) atoms. The number of aliphatic hydroxyl groups excluding tert-OH is 2. The average molecular weight is 561 g/mol. The van der Waals surface area contributed by atoms with Crippen molar-refractivity contribution < 1.29 is 64.0 Å².